The molecule has 0 spiro atoms. The van der Waals surface area contributed by atoms with Crippen molar-refractivity contribution in [2.75, 3.05) is 10.9 Å². The Balaban J connectivity index is 1.77. The van der Waals surface area contributed by atoms with Gasteiger partial charge in [-0.1, -0.05) is 18.2 Å². The fraction of sp³-hybridized carbons (Fsp3) is 0. The molecule has 0 atom stereocenters. The fourth-order valence-electron chi connectivity index (χ4n) is 3.00. The molecule has 0 bridgehead atoms. The summed E-state index contributed by atoms with van der Waals surface area (Å²) in [5, 5.41) is 8.62. The van der Waals surface area contributed by atoms with Gasteiger partial charge in [0.05, 0.1) is 47.2 Å². The highest BCUT2D eigenvalue weighted by atomic mass is 79.9. The van der Waals surface area contributed by atoms with E-state index in [1.807, 2.05) is 42.5 Å². The van der Waals surface area contributed by atoms with Gasteiger partial charge in [0, 0.05) is 0 Å². The Morgan fingerprint density at radius 3 is 1.97 bits per heavy atom. The number of nitrogens with one attached hydrogen (secondary N) is 3. The van der Waals surface area contributed by atoms with Crippen LogP contribution in [-0.4, -0.2) is 0 Å². The standard InChI is InChI=1S/C22H14Br2N4O2/c23-15-10-17(25)19-20(22(15)30)18(11-16(24)21(19)29)26-12-6-8-14(9-7-12)28-27-13-4-2-1-3-5-13/h1-11,25,27-28H. The van der Waals surface area contributed by atoms with Crippen LogP contribution in [0.15, 0.2) is 90.3 Å². The first-order valence-corrected chi connectivity index (χ1v) is 10.5. The number of anilines is 2. The van der Waals surface area contributed by atoms with Gasteiger partial charge >= 0.3 is 0 Å². The molecule has 30 heavy (non-hydrogen) atoms. The second kappa shape index (κ2) is 8.33. The van der Waals surface area contributed by atoms with Crippen molar-refractivity contribution >= 4 is 48.9 Å². The van der Waals surface area contributed by atoms with Crippen LogP contribution >= 0.6 is 31.9 Å². The highest BCUT2D eigenvalue weighted by Crippen LogP contribution is 2.16. The summed E-state index contributed by atoms with van der Waals surface area (Å²) in [6.07, 6.45) is 0. The van der Waals surface area contributed by atoms with Crippen molar-refractivity contribution in [2.24, 2.45) is 4.99 Å². The van der Waals surface area contributed by atoms with Crippen molar-refractivity contribution in [3.63, 3.8) is 0 Å². The molecule has 2 aliphatic carbocycles. The van der Waals surface area contributed by atoms with Gasteiger partial charge in [0.15, 0.2) is 0 Å². The minimum absolute atomic E-state index is 0.0224. The summed E-state index contributed by atoms with van der Waals surface area (Å²) in [5.74, 6) is 0. The predicted molar refractivity (Wildman–Crippen MR) is 123 cm³/mol. The number of halogens is 2. The van der Waals surface area contributed by atoms with Gasteiger partial charge in [0.1, 0.15) is 0 Å². The number of hydrazine groups is 1. The molecular formula is C22H14Br2N4O2. The van der Waals surface area contributed by atoms with Crippen LogP contribution in [0.4, 0.5) is 17.1 Å². The van der Waals surface area contributed by atoms with Crippen LogP contribution in [0.25, 0.3) is 0 Å². The molecule has 0 aliphatic heterocycles. The Hall–Kier alpha value is -3.10. The number of para-hydroxylation sites is 1. The third-order valence-corrected chi connectivity index (χ3v) is 5.62. The van der Waals surface area contributed by atoms with E-state index in [2.05, 4.69) is 47.7 Å². The highest BCUT2D eigenvalue weighted by molar-refractivity contribution is 9.10. The first kappa shape index (κ1) is 20.2. The molecule has 2 aromatic rings. The van der Waals surface area contributed by atoms with E-state index in [1.165, 1.54) is 12.1 Å². The largest absolute Gasteiger partial charge is 0.301 e. The van der Waals surface area contributed by atoms with Crippen LogP contribution in [0.5, 0.6) is 0 Å². The summed E-state index contributed by atoms with van der Waals surface area (Å²) < 4.78 is 0.485. The number of nitrogens with zero attached hydrogens (tertiary/aromatic N) is 1. The Morgan fingerprint density at radius 1 is 0.733 bits per heavy atom. The molecule has 0 saturated carbocycles. The molecular weight excluding hydrogens is 512 g/mol. The molecule has 2 aliphatic rings. The van der Waals surface area contributed by atoms with Crippen LogP contribution in [0.2, 0.25) is 0 Å². The van der Waals surface area contributed by atoms with E-state index in [-0.39, 0.29) is 30.2 Å². The average Bonchev–Trinajstić information content (AvgIpc) is 2.74. The van der Waals surface area contributed by atoms with E-state index in [0.717, 1.165) is 11.4 Å². The zero-order valence-corrected chi connectivity index (χ0v) is 18.5. The summed E-state index contributed by atoms with van der Waals surface area (Å²) in [5.41, 5.74) is 7.81. The zero-order valence-electron chi connectivity index (χ0n) is 15.4. The Labute approximate surface area is 187 Å². The van der Waals surface area contributed by atoms with Gasteiger partial charge in [0.2, 0.25) is 10.9 Å². The Morgan fingerprint density at radius 2 is 1.30 bits per heavy atom. The summed E-state index contributed by atoms with van der Waals surface area (Å²) in [7, 11) is 0. The lowest BCUT2D eigenvalue weighted by molar-refractivity contribution is 1.13. The monoisotopic (exact) mass is 524 g/mol. The maximum Gasteiger partial charge on any atom is 0.203 e. The van der Waals surface area contributed by atoms with E-state index >= 15 is 0 Å². The SMILES string of the molecule is N=c1cc(Br)c(=O)c2c(=Nc3ccc(NNc4ccccc4)cc3)cc(Br)c(=O)c1=2. The maximum atomic E-state index is 12.7. The molecule has 0 radical (unpaired) electrons. The van der Waals surface area contributed by atoms with E-state index < -0.39 is 5.43 Å². The van der Waals surface area contributed by atoms with Crippen LogP contribution in [0, 0.1) is 15.8 Å². The Kier molecular flexibility index (Phi) is 5.61. The van der Waals surface area contributed by atoms with Gasteiger partial charge in [-0.25, -0.2) is 4.99 Å². The third-order valence-electron chi connectivity index (χ3n) is 4.44. The number of benzene rings is 2. The highest BCUT2D eigenvalue weighted by Gasteiger charge is 2.10. The predicted octanol–water partition coefficient (Wildman–Crippen LogP) is 3.68. The van der Waals surface area contributed by atoms with Crippen molar-refractivity contribution in [1.29, 1.82) is 5.41 Å². The molecule has 0 fully saturated rings. The minimum Gasteiger partial charge on any atom is -0.301 e. The third kappa shape index (κ3) is 3.96. The minimum atomic E-state index is -0.398. The van der Waals surface area contributed by atoms with E-state index in [9.17, 15) is 9.59 Å². The lowest BCUT2D eigenvalue weighted by Crippen LogP contribution is -2.29. The van der Waals surface area contributed by atoms with Crippen molar-refractivity contribution in [1.82, 2.24) is 0 Å². The molecule has 6 nitrogen and oxygen atoms in total. The second-order valence-corrected chi connectivity index (χ2v) is 8.18. The van der Waals surface area contributed by atoms with E-state index in [4.69, 9.17) is 5.41 Å². The van der Waals surface area contributed by atoms with Crippen LogP contribution < -0.4 is 32.4 Å². The smallest absolute Gasteiger partial charge is 0.203 e. The molecule has 0 saturated heterocycles. The maximum absolute atomic E-state index is 12.7. The molecule has 0 unspecified atom stereocenters. The molecule has 0 heterocycles. The molecule has 4 rings (SSSR count). The molecule has 2 aromatic carbocycles. The van der Waals surface area contributed by atoms with Gasteiger partial charge < -0.3 is 16.3 Å². The van der Waals surface area contributed by atoms with Crippen molar-refractivity contribution in [3.05, 3.63) is 117 Å². The van der Waals surface area contributed by atoms with Crippen LogP contribution in [-0.2, 0) is 0 Å². The van der Waals surface area contributed by atoms with Gasteiger partial charge in [-0.15, -0.1) is 0 Å². The first-order chi connectivity index (χ1) is 14.4. The summed E-state index contributed by atoms with van der Waals surface area (Å²) in [4.78, 5) is 29.7. The molecule has 148 valence electrons. The van der Waals surface area contributed by atoms with E-state index in [1.54, 1.807) is 12.1 Å². The number of rotatable bonds is 4. The lowest BCUT2D eigenvalue weighted by Gasteiger charge is -2.09. The van der Waals surface area contributed by atoms with Crippen molar-refractivity contribution < 1.29 is 0 Å². The fourth-order valence-corrected chi connectivity index (χ4v) is 3.84. The lowest BCUT2D eigenvalue weighted by atomic mass is 10.1. The number of hydrogen-bond donors (Lipinski definition) is 3. The topological polar surface area (TPSA) is 94.4 Å². The molecule has 3 N–H and O–H groups in total. The second-order valence-electron chi connectivity index (χ2n) is 6.47. The summed E-state index contributed by atoms with van der Waals surface area (Å²) in [6.45, 7) is 0. The average molecular weight is 526 g/mol. The molecule has 0 aromatic heterocycles. The summed E-state index contributed by atoms with van der Waals surface area (Å²) in [6, 6.07) is 19.8. The molecule has 8 heteroatoms. The van der Waals surface area contributed by atoms with Crippen LogP contribution in [0.3, 0.4) is 0 Å². The normalized spacial score (nSPS) is 11.6. The number of hydrogen-bond acceptors (Lipinski definition) is 6. The van der Waals surface area contributed by atoms with Crippen molar-refractivity contribution in [2.45, 2.75) is 0 Å². The molecule has 0 amide bonds. The van der Waals surface area contributed by atoms with Crippen molar-refractivity contribution in [3.8, 4) is 0 Å². The van der Waals surface area contributed by atoms with Gasteiger partial charge in [-0.05, 0) is 80.4 Å². The Bertz CT molecular complexity index is 1510. The van der Waals surface area contributed by atoms with Gasteiger partial charge in [0.25, 0.3) is 0 Å². The van der Waals surface area contributed by atoms with Gasteiger partial charge in [-0.3, -0.25) is 9.59 Å². The zero-order chi connectivity index (χ0) is 21.3. The van der Waals surface area contributed by atoms with Gasteiger partial charge in [-0.2, -0.15) is 0 Å². The quantitative estimate of drug-likeness (QED) is 0.354. The first-order valence-electron chi connectivity index (χ1n) is 8.87. The van der Waals surface area contributed by atoms with E-state index in [0.29, 0.717) is 11.0 Å². The summed E-state index contributed by atoms with van der Waals surface area (Å²) >= 11 is 6.40. The van der Waals surface area contributed by atoms with Crippen LogP contribution in [0.1, 0.15) is 0 Å².